The predicted molar refractivity (Wildman–Crippen MR) is 89.2 cm³/mol. The van der Waals surface area contributed by atoms with E-state index < -0.39 is 0 Å². The number of piperidine rings is 1. The summed E-state index contributed by atoms with van der Waals surface area (Å²) in [5.74, 6) is 0.506. The Morgan fingerprint density at radius 2 is 2.29 bits per heavy atom. The van der Waals surface area contributed by atoms with Crippen LogP contribution in [0.15, 0.2) is 22.7 Å². The molecule has 5 nitrogen and oxygen atoms in total. The van der Waals surface area contributed by atoms with Crippen LogP contribution in [0.4, 0.5) is 10.1 Å². The average Bonchev–Trinajstić information content (AvgIpc) is 2.91. The minimum absolute atomic E-state index is 0.280. The SMILES string of the molecule is Cc1noc(C)c1CN[C@H]1CCCN(c2ccc(C#N)cc2F)C1. The van der Waals surface area contributed by atoms with Crippen LogP contribution in [0.1, 0.15) is 35.4 Å². The Kier molecular flexibility index (Phi) is 4.81. The Morgan fingerprint density at radius 1 is 1.46 bits per heavy atom. The largest absolute Gasteiger partial charge is 0.368 e. The monoisotopic (exact) mass is 328 g/mol. The molecule has 6 heteroatoms. The number of nitrogens with zero attached hydrogens (tertiary/aromatic N) is 3. The fraction of sp³-hybridized carbons (Fsp3) is 0.444. The number of aromatic nitrogens is 1. The first kappa shape index (κ1) is 16.5. The van der Waals surface area contributed by atoms with Crippen LogP contribution >= 0.6 is 0 Å². The van der Waals surface area contributed by atoms with E-state index in [1.807, 2.05) is 24.8 Å². The zero-order valence-corrected chi connectivity index (χ0v) is 14.0. The normalized spacial score (nSPS) is 17.8. The number of anilines is 1. The highest BCUT2D eigenvalue weighted by atomic mass is 19.1. The first-order valence-corrected chi connectivity index (χ1v) is 8.18. The molecule has 126 valence electrons. The van der Waals surface area contributed by atoms with Crippen LogP contribution in [0.2, 0.25) is 0 Å². The summed E-state index contributed by atoms with van der Waals surface area (Å²) in [7, 11) is 0. The fourth-order valence-electron chi connectivity index (χ4n) is 3.20. The maximum atomic E-state index is 14.2. The van der Waals surface area contributed by atoms with Gasteiger partial charge in [0.05, 0.1) is 23.0 Å². The number of nitrogens with one attached hydrogen (secondary N) is 1. The van der Waals surface area contributed by atoms with Crippen molar-refractivity contribution in [1.82, 2.24) is 10.5 Å². The summed E-state index contributed by atoms with van der Waals surface area (Å²) in [5, 5.41) is 16.4. The first-order valence-electron chi connectivity index (χ1n) is 8.18. The molecule has 0 radical (unpaired) electrons. The second-order valence-corrected chi connectivity index (χ2v) is 6.25. The van der Waals surface area contributed by atoms with Gasteiger partial charge in [0.1, 0.15) is 11.6 Å². The van der Waals surface area contributed by atoms with Crippen molar-refractivity contribution in [3.8, 4) is 6.07 Å². The molecule has 0 spiro atoms. The van der Waals surface area contributed by atoms with Gasteiger partial charge in [0.2, 0.25) is 0 Å². The molecule has 1 atom stereocenters. The van der Waals surface area contributed by atoms with Crippen LogP contribution in [0.25, 0.3) is 0 Å². The molecule has 0 saturated carbocycles. The Bertz CT molecular complexity index is 745. The van der Waals surface area contributed by atoms with E-state index >= 15 is 0 Å². The number of halogens is 1. The molecule has 3 rings (SSSR count). The maximum absolute atomic E-state index is 14.2. The summed E-state index contributed by atoms with van der Waals surface area (Å²) in [6.45, 7) is 6.12. The van der Waals surface area contributed by atoms with Crippen LogP contribution < -0.4 is 10.2 Å². The van der Waals surface area contributed by atoms with E-state index in [-0.39, 0.29) is 11.9 Å². The van der Waals surface area contributed by atoms with Gasteiger partial charge < -0.3 is 14.7 Å². The molecule has 2 aromatic rings. The average molecular weight is 328 g/mol. The van der Waals surface area contributed by atoms with E-state index in [4.69, 9.17) is 9.78 Å². The number of aryl methyl sites for hydroxylation is 2. The van der Waals surface area contributed by atoms with E-state index in [0.717, 1.165) is 42.9 Å². The lowest BCUT2D eigenvalue weighted by atomic mass is 10.0. The minimum atomic E-state index is -0.333. The highest BCUT2D eigenvalue weighted by Gasteiger charge is 2.22. The lowest BCUT2D eigenvalue weighted by molar-refractivity contribution is 0.389. The molecule has 1 aromatic heterocycles. The molecular formula is C18H21FN4O. The van der Waals surface area contributed by atoms with Gasteiger partial charge in [-0.1, -0.05) is 5.16 Å². The molecule has 1 aromatic carbocycles. The summed E-state index contributed by atoms with van der Waals surface area (Å²) in [4.78, 5) is 2.05. The predicted octanol–water partition coefficient (Wildman–Crippen LogP) is 3.06. The van der Waals surface area contributed by atoms with Crippen molar-refractivity contribution in [3.05, 3.63) is 46.6 Å². The van der Waals surface area contributed by atoms with Gasteiger partial charge in [-0.25, -0.2) is 4.39 Å². The number of nitriles is 1. The maximum Gasteiger partial charge on any atom is 0.147 e. The molecule has 1 saturated heterocycles. The number of rotatable bonds is 4. The van der Waals surface area contributed by atoms with Crippen molar-refractivity contribution in [3.63, 3.8) is 0 Å². The van der Waals surface area contributed by atoms with Gasteiger partial charge in [0.15, 0.2) is 0 Å². The fourth-order valence-corrected chi connectivity index (χ4v) is 3.20. The minimum Gasteiger partial charge on any atom is -0.368 e. The van der Waals surface area contributed by atoms with Gasteiger partial charge in [-0.3, -0.25) is 0 Å². The van der Waals surface area contributed by atoms with E-state index in [1.165, 1.54) is 6.07 Å². The third-order valence-corrected chi connectivity index (χ3v) is 4.59. The summed E-state index contributed by atoms with van der Waals surface area (Å²) in [5.41, 5.74) is 2.92. The van der Waals surface area contributed by atoms with Gasteiger partial charge in [0.25, 0.3) is 0 Å². The Balaban J connectivity index is 1.65. The van der Waals surface area contributed by atoms with Crippen LogP contribution in [0.3, 0.4) is 0 Å². The van der Waals surface area contributed by atoms with Gasteiger partial charge >= 0.3 is 0 Å². The Morgan fingerprint density at radius 3 is 2.96 bits per heavy atom. The number of benzene rings is 1. The van der Waals surface area contributed by atoms with E-state index in [2.05, 4.69) is 10.5 Å². The van der Waals surface area contributed by atoms with E-state index in [1.54, 1.807) is 12.1 Å². The van der Waals surface area contributed by atoms with Crippen LogP contribution in [0.5, 0.6) is 0 Å². The van der Waals surface area contributed by atoms with Crippen molar-refractivity contribution in [2.45, 2.75) is 39.3 Å². The zero-order valence-electron chi connectivity index (χ0n) is 14.0. The molecule has 0 unspecified atom stereocenters. The quantitative estimate of drug-likeness (QED) is 0.934. The Labute approximate surface area is 141 Å². The van der Waals surface area contributed by atoms with E-state index in [9.17, 15) is 4.39 Å². The third-order valence-electron chi connectivity index (χ3n) is 4.59. The zero-order chi connectivity index (χ0) is 17.1. The molecule has 2 heterocycles. The molecule has 1 aliphatic heterocycles. The van der Waals surface area contributed by atoms with Gasteiger partial charge in [-0.05, 0) is 44.9 Å². The standard InChI is InChI=1S/C18H21FN4O/c1-12-16(13(2)24-22-12)10-21-15-4-3-7-23(11-15)18-6-5-14(9-20)8-17(18)19/h5-6,8,15,21H,3-4,7,10-11H2,1-2H3/t15-/m0/s1. The smallest absolute Gasteiger partial charge is 0.147 e. The van der Waals surface area contributed by atoms with Crippen LogP contribution in [0, 0.1) is 31.0 Å². The van der Waals surface area contributed by atoms with Crippen molar-refractivity contribution in [1.29, 1.82) is 5.26 Å². The second kappa shape index (κ2) is 7.02. The van der Waals surface area contributed by atoms with Crippen molar-refractivity contribution < 1.29 is 8.91 Å². The van der Waals surface area contributed by atoms with Gasteiger partial charge in [0, 0.05) is 31.2 Å². The van der Waals surface area contributed by atoms with Crippen molar-refractivity contribution in [2.24, 2.45) is 0 Å². The third kappa shape index (κ3) is 3.41. The van der Waals surface area contributed by atoms with Crippen LogP contribution in [-0.4, -0.2) is 24.3 Å². The molecule has 1 aliphatic rings. The molecule has 0 bridgehead atoms. The Hall–Kier alpha value is -2.39. The van der Waals surface area contributed by atoms with Crippen LogP contribution in [-0.2, 0) is 6.54 Å². The number of hydrogen-bond donors (Lipinski definition) is 1. The van der Waals surface area contributed by atoms with Gasteiger partial charge in [-0.15, -0.1) is 0 Å². The lowest BCUT2D eigenvalue weighted by Crippen LogP contribution is -2.45. The molecule has 1 N–H and O–H groups in total. The highest BCUT2D eigenvalue weighted by Crippen LogP contribution is 2.24. The topological polar surface area (TPSA) is 65.1 Å². The summed E-state index contributed by atoms with van der Waals surface area (Å²) in [6, 6.07) is 6.91. The molecular weight excluding hydrogens is 307 g/mol. The van der Waals surface area contributed by atoms with E-state index in [0.29, 0.717) is 17.8 Å². The molecule has 0 aliphatic carbocycles. The second-order valence-electron chi connectivity index (χ2n) is 6.25. The summed E-state index contributed by atoms with van der Waals surface area (Å²) < 4.78 is 19.4. The van der Waals surface area contributed by atoms with Crippen molar-refractivity contribution >= 4 is 5.69 Å². The lowest BCUT2D eigenvalue weighted by Gasteiger charge is -2.35. The molecule has 0 amide bonds. The summed E-state index contributed by atoms with van der Waals surface area (Å²) in [6.07, 6.45) is 2.05. The summed E-state index contributed by atoms with van der Waals surface area (Å²) >= 11 is 0. The number of hydrogen-bond acceptors (Lipinski definition) is 5. The van der Waals surface area contributed by atoms with Gasteiger partial charge in [-0.2, -0.15) is 5.26 Å². The van der Waals surface area contributed by atoms with Crippen molar-refractivity contribution in [2.75, 3.05) is 18.0 Å². The highest BCUT2D eigenvalue weighted by molar-refractivity contribution is 5.51. The molecule has 1 fully saturated rings. The first-order chi connectivity index (χ1) is 11.6. The molecule has 24 heavy (non-hydrogen) atoms.